The summed E-state index contributed by atoms with van der Waals surface area (Å²) in [4.78, 5) is 16.3. The molecule has 1 amide bonds. The summed E-state index contributed by atoms with van der Waals surface area (Å²) in [5.74, 6) is 0.631. The minimum absolute atomic E-state index is 0.286. The lowest BCUT2D eigenvalue weighted by Gasteiger charge is -2.08. The van der Waals surface area contributed by atoms with Crippen LogP contribution in [0.1, 0.15) is 23.7 Å². The van der Waals surface area contributed by atoms with E-state index in [4.69, 9.17) is 11.6 Å². The predicted octanol–water partition coefficient (Wildman–Crippen LogP) is 2.60. The molecular weight excluding hydrogens is 278 g/mol. The van der Waals surface area contributed by atoms with Gasteiger partial charge in [-0.25, -0.2) is 4.98 Å². The van der Waals surface area contributed by atoms with E-state index < -0.39 is 0 Å². The average Bonchev–Trinajstić information content (AvgIpc) is 2.47. The second-order valence-corrected chi connectivity index (χ2v) is 4.45. The van der Waals surface area contributed by atoms with E-state index in [0.29, 0.717) is 17.2 Å². The zero-order valence-corrected chi connectivity index (χ0v) is 11.7. The number of hydrogen-bond donors (Lipinski definition) is 2. The molecule has 0 spiro atoms. The van der Waals surface area contributed by atoms with Gasteiger partial charge in [0.15, 0.2) is 5.82 Å². The molecule has 0 unspecified atom stereocenters. The molecule has 2 heterocycles. The van der Waals surface area contributed by atoms with Crippen LogP contribution in [-0.4, -0.2) is 27.6 Å². The van der Waals surface area contributed by atoms with Crippen molar-refractivity contribution in [3.63, 3.8) is 0 Å². The molecule has 0 bridgehead atoms. The third kappa shape index (κ3) is 3.64. The Kier molecular flexibility index (Phi) is 4.84. The summed E-state index contributed by atoms with van der Waals surface area (Å²) in [5, 5.41) is 13.5. The number of pyridine rings is 1. The Bertz CT molecular complexity index is 591. The molecule has 0 fully saturated rings. The zero-order valence-electron chi connectivity index (χ0n) is 10.9. The second-order valence-electron chi connectivity index (χ2n) is 4.04. The largest absolute Gasteiger partial charge is 0.370 e. The summed E-state index contributed by atoms with van der Waals surface area (Å²) in [6.45, 7) is 2.82. The van der Waals surface area contributed by atoms with Crippen LogP contribution >= 0.6 is 11.6 Å². The van der Waals surface area contributed by atoms with Gasteiger partial charge in [0.2, 0.25) is 0 Å². The Morgan fingerprint density at radius 2 is 2.25 bits per heavy atom. The van der Waals surface area contributed by atoms with E-state index in [1.54, 1.807) is 18.2 Å². The second kappa shape index (κ2) is 6.81. The molecule has 20 heavy (non-hydrogen) atoms. The SMILES string of the molecule is CCCNc1cc(C(=O)Nc2cccnn2)c(Cl)cn1. The van der Waals surface area contributed by atoms with E-state index in [1.807, 2.05) is 6.92 Å². The Morgan fingerprint density at radius 3 is 2.95 bits per heavy atom. The smallest absolute Gasteiger partial charge is 0.258 e. The fourth-order valence-corrected chi connectivity index (χ4v) is 1.70. The average molecular weight is 292 g/mol. The van der Waals surface area contributed by atoms with Gasteiger partial charge in [0.05, 0.1) is 10.6 Å². The van der Waals surface area contributed by atoms with Crippen LogP contribution in [0, 0.1) is 0 Å². The van der Waals surface area contributed by atoms with Gasteiger partial charge in [0, 0.05) is 18.9 Å². The Labute approximate surface area is 121 Å². The van der Waals surface area contributed by atoms with Gasteiger partial charge in [0.25, 0.3) is 5.91 Å². The van der Waals surface area contributed by atoms with Crippen molar-refractivity contribution in [3.8, 4) is 0 Å². The van der Waals surface area contributed by atoms with E-state index in [-0.39, 0.29) is 10.9 Å². The van der Waals surface area contributed by atoms with Crippen LogP contribution in [0.5, 0.6) is 0 Å². The number of aromatic nitrogens is 3. The molecule has 0 saturated heterocycles. The highest BCUT2D eigenvalue weighted by molar-refractivity contribution is 6.34. The molecule has 6 nitrogen and oxygen atoms in total. The maximum atomic E-state index is 12.1. The molecule has 0 atom stereocenters. The summed E-state index contributed by atoms with van der Waals surface area (Å²) in [7, 11) is 0. The number of halogens is 1. The van der Waals surface area contributed by atoms with Gasteiger partial charge < -0.3 is 10.6 Å². The number of carbonyl (C=O) groups excluding carboxylic acids is 1. The third-order valence-electron chi connectivity index (χ3n) is 2.47. The lowest BCUT2D eigenvalue weighted by Crippen LogP contribution is -2.14. The monoisotopic (exact) mass is 291 g/mol. The lowest BCUT2D eigenvalue weighted by molar-refractivity contribution is 0.102. The molecule has 2 rings (SSSR count). The van der Waals surface area contributed by atoms with Crippen LogP contribution in [0.4, 0.5) is 11.6 Å². The van der Waals surface area contributed by atoms with Gasteiger partial charge in [-0.2, -0.15) is 5.10 Å². The number of hydrogen-bond acceptors (Lipinski definition) is 5. The van der Waals surface area contributed by atoms with Crippen LogP contribution in [0.15, 0.2) is 30.6 Å². The molecule has 0 aromatic carbocycles. The van der Waals surface area contributed by atoms with Crippen molar-refractivity contribution in [2.45, 2.75) is 13.3 Å². The minimum atomic E-state index is -0.350. The van der Waals surface area contributed by atoms with E-state index in [1.165, 1.54) is 12.4 Å². The lowest BCUT2D eigenvalue weighted by atomic mass is 10.2. The molecule has 0 saturated carbocycles. The fraction of sp³-hybridized carbons (Fsp3) is 0.231. The Hall–Kier alpha value is -2.21. The molecule has 0 radical (unpaired) electrons. The van der Waals surface area contributed by atoms with Gasteiger partial charge in [-0.05, 0) is 24.6 Å². The molecule has 7 heteroatoms. The summed E-state index contributed by atoms with van der Waals surface area (Å²) in [5.41, 5.74) is 0.339. The van der Waals surface area contributed by atoms with Gasteiger partial charge in [-0.1, -0.05) is 18.5 Å². The molecular formula is C13H14ClN5O. The summed E-state index contributed by atoms with van der Waals surface area (Å²) < 4.78 is 0. The Balaban J connectivity index is 2.16. The van der Waals surface area contributed by atoms with Crippen molar-refractivity contribution in [3.05, 3.63) is 41.2 Å². The number of carbonyl (C=O) groups is 1. The number of amides is 1. The van der Waals surface area contributed by atoms with Crippen molar-refractivity contribution >= 4 is 29.1 Å². The summed E-state index contributed by atoms with van der Waals surface area (Å²) in [6.07, 6.45) is 3.94. The van der Waals surface area contributed by atoms with Gasteiger partial charge in [-0.3, -0.25) is 4.79 Å². The van der Waals surface area contributed by atoms with Crippen LogP contribution in [0.2, 0.25) is 5.02 Å². The molecule has 0 aliphatic heterocycles. The molecule has 0 aliphatic carbocycles. The van der Waals surface area contributed by atoms with Gasteiger partial charge in [-0.15, -0.1) is 5.10 Å². The topological polar surface area (TPSA) is 79.8 Å². The van der Waals surface area contributed by atoms with E-state index in [0.717, 1.165) is 13.0 Å². The van der Waals surface area contributed by atoms with Crippen LogP contribution < -0.4 is 10.6 Å². The first kappa shape index (κ1) is 14.2. The number of rotatable bonds is 5. The van der Waals surface area contributed by atoms with Gasteiger partial charge in [0.1, 0.15) is 5.82 Å². The van der Waals surface area contributed by atoms with Crippen molar-refractivity contribution in [1.29, 1.82) is 0 Å². The van der Waals surface area contributed by atoms with Crippen molar-refractivity contribution in [2.75, 3.05) is 17.2 Å². The first-order valence-electron chi connectivity index (χ1n) is 6.19. The van der Waals surface area contributed by atoms with Crippen molar-refractivity contribution < 1.29 is 4.79 Å². The predicted molar refractivity (Wildman–Crippen MR) is 78.0 cm³/mol. The Morgan fingerprint density at radius 1 is 1.40 bits per heavy atom. The highest BCUT2D eigenvalue weighted by Gasteiger charge is 2.13. The third-order valence-corrected chi connectivity index (χ3v) is 2.77. The fourth-order valence-electron chi connectivity index (χ4n) is 1.51. The first-order chi connectivity index (χ1) is 9.70. The number of anilines is 2. The van der Waals surface area contributed by atoms with Crippen molar-refractivity contribution in [1.82, 2.24) is 15.2 Å². The van der Waals surface area contributed by atoms with Crippen LogP contribution in [0.25, 0.3) is 0 Å². The minimum Gasteiger partial charge on any atom is -0.370 e. The standard InChI is InChI=1S/C13H14ClN5O/c1-2-5-15-12-7-9(10(14)8-16-12)13(20)18-11-4-3-6-17-19-11/h3-4,6-8H,2,5H2,1H3,(H,15,16)(H,18,19,20). The van der Waals surface area contributed by atoms with E-state index in [2.05, 4.69) is 25.8 Å². The van der Waals surface area contributed by atoms with Crippen molar-refractivity contribution in [2.24, 2.45) is 0 Å². The molecule has 0 aliphatic rings. The summed E-state index contributed by atoms with van der Waals surface area (Å²) >= 11 is 6.00. The normalized spacial score (nSPS) is 10.1. The van der Waals surface area contributed by atoms with Crippen LogP contribution in [0.3, 0.4) is 0 Å². The van der Waals surface area contributed by atoms with E-state index >= 15 is 0 Å². The maximum absolute atomic E-state index is 12.1. The maximum Gasteiger partial charge on any atom is 0.258 e. The zero-order chi connectivity index (χ0) is 14.4. The molecule has 104 valence electrons. The highest BCUT2D eigenvalue weighted by Crippen LogP contribution is 2.19. The number of nitrogens with one attached hydrogen (secondary N) is 2. The first-order valence-corrected chi connectivity index (χ1v) is 6.57. The quantitative estimate of drug-likeness (QED) is 0.885. The number of nitrogens with zero attached hydrogens (tertiary/aromatic N) is 3. The summed E-state index contributed by atoms with van der Waals surface area (Å²) in [6, 6.07) is 4.95. The molecule has 2 aromatic rings. The highest BCUT2D eigenvalue weighted by atomic mass is 35.5. The molecule has 2 aromatic heterocycles. The van der Waals surface area contributed by atoms with E-state index in [9.17, 15) is 4.79 Å². The van der Waals surface area contributed by atoms with Gasteiger partial charge >= 0.3 is 0 Å². The van der Waals surface area contributed by atoms with Crippen LogP contribution in [-0.2, 0) is 0 Å². The molecule has 2 N–H and O–H groups in total.